The summed E-state index contributed by atoms with van der Waals surface area (Å²) in [5, 5.41) is 0. The van der Waals surface area contributed by atoms with Crippen LogP contribution in [0.15, 0.2) is 6.07 Å². The molecule has 0 aliphatic rings. The molecule has 1 aromatic rings. The molecule has 0 bridgehead atoms. The van der Waals surface area contributed by atoms with Gasteiger partial charge < -0.3 is 18.9 Å². The summed E-state index contributed by atoms with van der Waals surface area (Å²) in [5.41, 5.74) is 0. The molecular weight excluding hydrogens is 184 g/mol. The molecule has 0 saturated carbocycles. The normalized spacial score (nSPS) is 9.43. The minimum atomic E-state index is 0.481. The summed E-state index contributed by atoms with van der Waals surface area (Å²) >= 11 is 0. The summed E-state index contributed by atoms with van der Waals surface area (Å²) in [6.45, 7) is 0. The Hall–Kier alpha value is -1.58. The average Bonchev–Trinajstić information content (AvgIpc) is 2.26. The predicted molar refractivity (Wildman–Crippen MR) is 51.5 cm³/mol. The van der Waals surface area contributed by atoms with Crippen molar-refractivity contribution in [2.45, 2.75) is 0 Å². The highest BCUT2D eigenvalue weighted by Crippen LogP contribution is 2.43. The number of benzene rings is 1. The second kappa shape index (κ2) is 4.60. The molecule has 0 amide bonds. The zero-order valence-corrected chi connectivity index (χ0v) is 8.71. The van der Waals surface area contributed by atoms with Gasteiger partial charge in [-0.3, -0.25) is 0 Å². The van der Waals surface area contributed by atoms with Gasteiger partial charge in [0.05, 0.1) is 28.4 Å². The summed E-state index contributed by atoms with van der Waals surface area (Å²) in [4.78, 5) is 0. The Morgan fingerprint density at radius 1 is 0.857 bits per heavy atom. The van der Waals surface area contributed by atoms with E-state index in [0.717, 1.165) is 0 Å². The number of hydrogen-bond donors (Lipinski definition) is 0. The van der Waals surface area contributed by atoms with Crippen molar-refractivity contribution >= 4 is 0 Å². The second-order valence-corrected chi connectivity index (χ2v) is 2.46. The molecule has 14 heavy (non-hydrogen) atoms. The molecule has 0 saturated heterocycles. The molecule has 0 aliphatic heterocycles. The van der Waals surface area contributed by atoms with E-state index in [2.05, 4.69) is 6.07 Å². The monoisotopic (exact) mass is 197 g/mol. The van der Waals surface area contributed by atoms with Crippen LogP contribution in [0, 0.1) is 6.07 Å². The molecule has 1 aromatic carbocycles. The van der Waals surface area contributed by atoms with Crippen LogP contribution >= 0.6 is 0 Å². The van der Waals surface area contributed by atoms with Gasteiger partial charge in [0, 0.05) is 6.07 Å². The molecule has 0 atom stereocenters. The molecular formula is C10H13O4. The van der Waals surface area contributed by atoms with Crippen LogP contribution < -0.4 is 18.9 Å². The summed E-state index contributed by atoms with van der Waals surface area (Å²) in [6.07, 6.45) is 0. The number of rotatable bonds is 4. The van der Waals surface area contributed by atoms with E-state index in [4.69, 9.17) is 18.9 Å². The third kappa shape index (κ3) is 1.69. The molecule has 4 nitrogen and oxygen atoms in total. The van der Waals surface area contributed by atoms with Gasteiger partial charge in [-0.05, 0) is 6.07 Å². The Morgan fingerprint density at radius 2 is 1.50 bits per heavy atom. The van der Waals surface area contributed by atoms with Crippen molar-refractivity contribution in [2.24, 2.45) is 0 Å². The molecule has 0 heterocycles. The minimum absolute atomic E-state index is 0.481. The third-order valence-electron chi connectivity index (χ3n) is 1.80. The van der Waals surface area contributed by atoms with Crippen LogP contribution in [0.5, 0.6) is 23.0 Å². The molecule has 0 spiro atoms. The van der Waals surface area contributed by atoms with Crippen LogP contribution in [0.25, 0.3) is 0 Å². The van der Waals surface area contributed by atoms with Crippen molar-refractivity contribution in [2.75, 3.05) is 28.4 Å². The SMILES string of the molecule is COc1[c]cc(OC)c(OC)c1OC. The molecule has 0 fully saturated rings. The lowest BCUT2D eigenvalue weighted by molar-refractivity contribution is 0.305. The minimum Gasteiger partial charge on any atom is -0.493 e. The molecule has 1 rings (SSSR count). The van der Waals surface area contributed by atoms with Crippen LogP contribution in [0.3, 0.4) is 0 Å². The van der Waals surface area contributed by atoms with Gasteiger partial charge in [0.25, 0.3) is 0 Å². The topological polar surface area (TPSA) is 36.9 Å². The molecule has 4 heteroatoms. The molecule has 0 aromatic heterocycles. The Bertz CT molecular complexity index is 278. The molecule has 1 radical (unpaired) electrons. The summed E-state index contributed by atoms with van der Waals surface area (Å²) in [6, 6.07) is 4.52. The van der Waals surface area contributed by atoms with Gasteiger partial charge >= 0.3 is 0 Å². The number of ether oxygens (including phenoxy) is 4. The fraction of sp³-hybridized carbons (Fsp3) is 0.400. The first-order chi connectivity index (χ1) is 6.78. The lowest BCUT2D eigenvalue weighted by Gasteiger charge is -2.13. The standard InChI is InChI=1S/C10H13O4/c1-11-7-5-6-8(12-2)10(14-4)9(7)13-3/h5H,1-4H3. The first kappa shape index (κ1) is 10.5. The van der Waals surface area contributed by atoms with Crippen LogP contribution in [0.2, 0.25) is 0 Å². The fourth-order valence-electron chi connectivity index (χ4n) is 1.16. The van der Waals surface area contributed by atoms with E-state index in [1.54, 1.807) is 27.4 Å². The van der Waals surface area contributed by atoms with Crippen molar-refractivity contribution < 1.29 is 18.9 Å². The maximum Gasteiger partial charge on any atom is 0.207 e. The quantitative estimate of drug-likeness (QED) is 0.733. The van der Waals surface area contributed by atoms with E-state index in [1.807, 2.05) is 0 Å². The van der Waals surface area contributed by atoms with Gasteiger partial charge in [0.1, 0.15) is 0 Å². The van der Waals surface area contributed by atoms with E-state index in [9.17, 15) is 0 Å². The lowest BCUT2D eigenvalue weighted by atomic mass is 10.2. The Labute approximate surface area is 83.3 Å². The van der Waals surface area contributed by atoms with Crippen molar-refractivity contribution in [3.8, 4) is 23.0 Å². The zero-order valence-electron chi connectivity index (χ0n) is 8.71. The first-order valence-electron chi connectivity index (χ1n) is 4.03. The first-order valence-corrected chi connectivity index (χ1v) is 4.03. The van der Waals surface area contributed by atoms with Crippen molar-refractivity contribution in [1.82, 2.24) is 0 Å². The van der Waals surface area contributed by atoms with Crippen molar-refractivity contribution in [3.05, 3.63) is 12.1 Å². The highest BCUT2D eigenvalue weighted by molar-refractivity contribution is 5.58. The van der Waals surface area contributed by atoms with E-state index in [-0.39, 0.29) is 0 Å². The van der Waals surface area contributed by atoms with E-state index < -0.39 is 0 Å². The highest BCUT2D eigenvalue weighted by atomic mass is 16.5. The molecule has 0 aliphatic carbocycles. The third-order valence-corrected chi connectivity index (χ3v) is 1.80. The van der Waals surface area contributed by atoms with Gasteiger partial charge in [-0.25, -0.2) is 0 Å². The van der Waals surface area contributed by atoms with Crippen LogP contribution in [-0.4, -0.2) is 28.4 Å². The predicted octanol–water partition coefficient (Wildman–Crippen LogP) is 1.52. The smallest absolute Gasteiger partial charge is 0.207 e. The fourth-order valence-corrected chi connectivity index (χ4v) is 1.16. The van der Waals surface area contributed by atoms with Crippen molar-refractivity contribution in [1.29, 1.82) is 0 Å². The van der Waals surface area contributed by atoms with E-state index in [0.29, 0.717) is 23.0 Å². The van der Waals surface area contributed by atoms with E-state index in [1.165, 1.54) is 7.11 Å². The zero-order chi connectivity index (χ0) is 10.6. The summed E-state index contributed by atoms with van der Waals surface area (Å²) in [7, 11) is 6.17. The molecule has 0 unspecified atom stereocenters. The van der Waals surface area contributed by atoms with Crippen LogP contribution in [-0.2, 0) is 0 Å². The van der Waals surface area contributed by atoms with Crippen molar-refractivity contribution in [3.63, 3.8) is 0 Å². The maximum absolute atomic E-state index is 5.15. The van der Waals surface area contributed by atoms with Gasteiger partial charge in [-0.1, -0.05) is 0 Å². The Morgan fingerprint density at radius 3 is 1.93 bits per heavy atom. The van der Waals surface area contributed by atoms with Gasteiger partial charge in [0.15, 0.2) is 11.5 Å². The second-order valence-electron chi connectivity index (χ2n) is 2.46. The highest BCUT2D eigenvalue weighted by Gasteiger charge is 2.16. The molecule has 0 N–H and O–H groups in total. The summed E-state index contributed by atoms with van der Waals surface area (Å²) in [5.74, 6) is 2.04. The Kier molecular flexibility index (Phi) is 3.45. The average molecular weight is 197 g/mol. The molecule has 77 valence electrons. The van der Waals surface area contributed by atoms with Gasteiger partial charge in [-0.2, -0.15) is 0 Å². The summed E-state index contributed by atoms with van der Waals surface area (Å²) < 4.78 is 20.4. The van der Waals surface area contributed by atoms with Crippen LogP contribution in [0.4, 0.5) is 0 Å². The number of hydrogen-bond acceptors (Lipinski definition) is 4. The Balaban J connectivity index is 3.28. The van der Waals surface area contributed by atoms with Gasteiger partial charge in [-0.15, -0.1) is 0 Å². The van der Waals surface area contributed by atoms with E-state index >= 15 is 0 Å². The maximum atomic E-state index is 5.15. The lowest BCUT2D eigenvalue weighted by Crippen LogP contribution is -1.97. The van der Waals surface area contributed by atoms with Crippen LogP contribution in [0.1, 0.15) is 0 Å². The van der Waals surface area contributed by atoms with Gasteiger partial charge in [0.2, 0.25) is 11.5 Å². The largest absolute Gasteiger partial charge is 0.493 e. The number of methoxy groups -OCH3 is 4.